The Balaban J connectivity index is 1.71. The van der Waals surface area contributed by atoms with E-state index in [0.29, 0.717) is 17.2 Å². The predicted molar refractivity (Wildman–Crippen MR) is 122 cm³/mol. The number of carbonyl (C=O) groups excluding carboxylic acids is 2. The van der Waals surface area contributed by atoms with E-state index in [4.69, 9.17) is 9.47 Å². The van der Waals surface area contributed by atoms with Crippen molar-refractivity contribution in [2.45, 2.75) is 6.04 Å². The molecule has 0 fully saturated rings. The number of carbonyl (C=O) groups is 2. The molecule has 0 saturated carbocycles. The molecule has 7 nitrogen and oxygen atoms in total. The van der Waals surface area contributed by atoms with Gasteiger partial charge in [-0.25, -0.2) is 0 Å². The zero-order valence-electron chi connectivity index (χ0n) is 18.1. The lowest BCUT2D eigenvalue weighted by atomic mass is 9.98. The number of amides is 2. The van der Waals surface area contributed by atoms with Crippen molar-refractivity contribution < 1.29 is 19.1 Å². The van der Waals surface area contributed by atoms with Gasteiger partial charge in [-0.15, -0.1) is 0 Å². The molecule has 0 saturated heterocycles. The van der Waals surface area contributed by atoms with Crippen LogP contribution in [-0.2, 0) is 9.59 Å². The molecule has 2 amide bonds. The second-order valence-corrected chi connectivity index (χ2v) is 7.28. The SMILES string of the molecule is COc1ccc(NC(=O)C(=O)NC[C@@H](c2cccc3ccccc23)N(C)C)c(OC)c1. The van der Waals surface area contributed by atoms with Crippen LogP contribution in [0.5, 0.6) is 11.5 Å². The van der Waals surface area contributed by atoms with E-state index < -0.39 is 11.8 Å². The minimum absolute atomic E-state index is 0.0987. The minimum Gasteiger partial charge on any atom is -0.497 e. The molecule has 0 radical (unpaired) electrons. The van der Waals surface area contributed by atoms with Crippen molar-refractivity contribution in [3.63, 3.8) is 0 Å². The van der Waals surface area contributed by atoms with Crippen LogP contribution in [0, 0.1) is 0 Å². The highest BCUT2D eigenvalue weighted by Crippen LogP contribution is 2.29. The Labute approximate surface area is 181 Å². The Morgan fingerprint density at radius 1 is 0.935 bits per heavy atom. The smallest absolute Gasteiger partial charge is 0.313 e. The van der Waals surface area contributed by atoms with Crippen LogP contribution >= 0.6 is 0 Å². The number of ether oxygens (including phenoxy) is 2. The van der Waals surface area contributed by atoms with Crippen molar-refractivity contribution in [3.8, 4) is 11.5 Å². The molecule has 31 heavy (non-hydrogen) atoms. The van der Waals surface area contributed by atoms with E-state index in [1.54, 1.807) is 18.2 Å². The first kappa shape index (κ1) is 22.1. The predicted octanol–water partition coefficient (Wildman–Crippen LogP) is 3.21. The number of methoxy groups -OCH3 is 2. The number of hydrogen-bond acceptors (Lipinski definition) is 5. The summed E-state index contributed by atoms with van der Waals surface area (Å²) in [4.78, 5) is 26.9. The number of fused-ring (bicyclic) bond motifs is 1. The number of nitrogens with zero attached hydrogens (tertiary/aromatic N) is 1. The van der Waals surface area contributed by atoms with E-state index in [1.165, 1.54) is 14.2 Å². The highest BCUT2D eigenvalue weighted by Gasteiger charge is 2.21. The Kier molecular flexibility index (Phi) is 7.10. The standard InChI is InChI=1S/C24H27N3O4/c1-27(2)21(19-11-7-9-16-8-5-6-10-18(16)19)15-25-23(28)24(29)26-20-13-12-17(30-3)14-22(20)31-4/h5-14,21H,15H2,1-4H3,(H,25,28)(H,26,29)/t21-/m0/s1. The molecule has 1 atom stereocenters. The average Bonchev–Trinajstić information content (AvgIpc) is 2.79. The van der Waals surface area contributed by atoms with Crippen LogP contribution < -0.4 is 20.1 Å². The molecule has 2 N–H and O–H groups in total. The summed E-state index contributed by atoms with van der Waals surface area (Å²) in [5, 5.41) is 7.58. The molecule has 0 aliphatic carbocycles. The number of rotatable bonds is 7. The normalized spacial score (nSPS) is 11.8. The molecule has 0 unspecified atom stereocenters. The largest absolute Gasteiger partial charge is 0.497 e. The van der Waals surface area contributed by atoms with E-state index in [-0.39, 0.29) is 12.6 Å². The van der Waals surface area contributed by atoms with Gasteiger partial charge in [-0.2, -0.15) is 0 Å². The van der Waals surface area contributed by atoms with Crippen molar-refractivity contribution in [2.24, 2.45) is 0 Å². The van der Waals surface area contributed by atoms with E-state index >= 15 is 0 Å². The third-order valence-corrected chi connectivity index (χ3v) is 5.12. The molecule has 0 bridgehead atoms. The second kappa shape index (κ2) is 9.95. The Morgan fingerprint density at radius 2 is 1.68 bits per heavy atom. The van der Waals surface area contributed by atoms with Gasteiger partial charge in [0, 0.05) is 12.6 Å². The van der Waals surface area contributed by atoms with Gasteiger partial charge in [0.15, 0.2) is 0 Å². The van der Waals surface area contributed by atoms with Crippen LogP contribution in [0.15, 0.2) is 60.7 Å². The van der Waals surface area contributed by atoms with Gasteiger partial charge in [-0.3, -0.25) is 9.59 Å². The van der Waals surface area contributed by atoms with Crippen LogP contribution in [0.3, 0.4) is 0 Å². The molecule has 3 rings (SSSR count). The number of hydrogen-bond donors (Lipinski definition) is 2. The topological polar surface area (TPSA) is 79.9 Å². The number of nitrogens with one attached hydrogen (secondary N) is 2. The van der Waals surface area contributed by atoms with E-state index in [1.807, 2.05) is 43.3 Å². The first-order chi connectivity index (χ1) is 14.9. The monoisotopic (exact) mass is 421 g/mol. The molecule has 3 aromatic carbocycles. The van der Waals surface area contributed by atoms with Gasteiger partial charge < -0.3 is 25.0 Å². The maximum atomic E-state index is 12.5. The van der Waals surface area contributed by atoms with Crippen molar-refractivity contribution in [3.05, 3.63) is 66.2 Å². The lowest BCUT2D eigenvalue weighted by Crippen LogP contribution is -2.40. The van der Waals surface area contributed by atoms with Gasteiger partial charge in [0.1, 0.15) is 11.5 Å². The Bertz CT molecular complexity index is 1080. The number of anilines is 1. The molecule has 7 heteroatoms. The lowest BCUT2D eigenvalue weighted by molar-refractivity contribution is -0.136. The van der Waals surface area contributed by atoms with E-state index in [0.717, 1.165) is 16.3 Å². The first-order valence-electron chi connectivity index (χ1n) is 9.90. The summed E-state index contributed by atoms with van der Waals surface area (Å²) in [6.45, 7) is 0.285. The summed E-state index contributed by atoms with van der Waals surface area (Å²) in [7, 11) is 6.91. The highest BCUT2D eigenvalue weighted by molar-refractivity contribution is 6.39. The average molecular weight is 421 g/mol. The zero-order valence-corrected chi connectivity index (χ0v) is 18.1. The van der Waals surface area contributed by atoms with Gasteiger partial charge in [0.05, 0.1) is 25.9 Å². The number of likely N-dealkylation sites (N-methyl/N-ethyl adjacent to an activating group) is 1. The fourth-order valence-corrected chi connectivity index (χ4v) is 3.46. The number of benzene rings is 3. The van der Waals surface area contributed by atoms with Gasteiger partial charge in [-0.05, 0) is 42.6 Å². The fourth-order valence-electron chi connectivity index (χ4n) is 3.46. The summed E-state index contributed by atoms with van der Waals surface area (Å²) in [5.74, 6) is -0.491. The van der Waals surface area contributed by atoms with Crippen molar-refractivity contribution in [1.29, 1.82) is 0 Å². The summed E-state index contributed by atoms with van der Waals surface area (Å²) < 4.78 is 10.4. The third kappa shape index (κ3) is 5.13. The first-order valence-corrected chi connectivity index (χ1v) is 9.90. The van der Waals surface area contributed by atoms with Crippen LogP contribution in [0.4, 0.5) is 5.69 Å². The van der Waals surface area contributed by atoms with Crippen LogP contribution in [-0.4, -0.2) is 51.6 Å². The van der Waals surface area contributed by atoms with Crippen molar-refractivity contribution in [2.75, 3.05) is 40.2 Å². The van der Waals surface area contributed by atoms with Crippen molar-refractivity contribution >= 4 is 28.3 Å². The molecular formula is C24H27N3O4. The summed E-state index contributed by atoms with van der Waals surface area (Å²) in [6.07, 6.45) is 0. The van der Waals surface area contributed by atoms with Gasteiger partial charge in [-0.1, -0.05) is 42.5 Å². The molecule has 0 aromatic heterocycles. The van der Waals surface area contributed by atoms with Crippen LogP contribution in [0.25, 0.3) is 10.8 Å². The second-order valence-electron chi connectivity index (χ2n) is 7.28. The lowest BCUT2D eigenvalue weighted by Gasteiger charge is -2.26. The molecule has 0 spiro atoms. The molecular weight excluding hydrogens is 394 g/mol. The van der Waals surface area contributed by atoms with Crippen molar-refractivity contribution in [1.82, 2.24) is 10.2 Å². The van der Waals surface area contributed by atoms with E-state index in [2.05, 4.69) is 28.8 Å². The highest BCUT2D eigenvalue weighted by atomic mass is 16.5. The maximum Gasteiger partial charge on any atom is 0.313 e. The third-order valence-electron chi connectivity index (χ3n) is 5.12. The van der Waals surface area contributed by atoms with Gasteiger partial charge in [0.2, 0.25) is 0 Å². The minimum atomic E-state index is -0.765. The molecule has 3 aromatic rings. The maximum absolute atomic E-state index is 12.5. The Morgan fingerprint density at radius 3 is 2.39 bits per heavy atom. The van der Waals surface area contributed by atoms with E-state index in [9.17, 15) is 9.59 Å². The summed E-state index contributed by atoms with van der Waals surface area (Å²) in [5.41, 5.74) is 1.47. The molecule has 162 valence electrons. The molecule has 0 aliphatic rings. The fraction of sp³-hybridized carbons (Fsp3) is 0.250. The van der Waals surface area contributed by atoms with Crippen LogP contribution in [0.2, 0.25) is 0 Å². The van der Waals surface area contributed by atoms with Crippen LogP contribution in [0.1, 0.15) is 11.6 Å². The summed E-state index contributed by atoms with van der Waals surface area (Å²) >= 11 is 0. The van der Waals surface area contributed by atoms with Gasteiger partial charge >= 0.3 is 11.8 Å². The quantitative estimate of drug-likeness (QED) is 0.573. The summed E-state index contributed by atoms with van der Waals surface area (Å²) in [6, 6.07) is 19.0. The molecule has 0 aliphatic heterocycles. The zero-order chi connectivity index (χ0) is 22.4. The molecule has 0 heterocycles. The Hall–Kier alpha value is -3.58. The van der Waals surface area contributed by atoms with Gasteiger partial charge in [0.25, 0.3) is 0 Å².